The zero-order valence-electron chi connectivity index (χ0n) is 14.0. The summed E-state index contributed by atoms with van der Waals surface area (Å²) in [6.07, 6.45) is 1.64. The number of hydrogen-bond acceptors (Lipinski definition) is 4. The molecule has 0 radical (unpaired) electrons. The molecule has 6 heteroatoms. The molecule has 26 heavy (non-hydrogen) atoms. The summed E-state index contributed by atoms with van der Waals surface area (Å²) in [5.41, 5.74) is 1.11. The zero-order valence-corrected chi connectivity index (χ0v) is 14.8. The molecule has 4 aromatic rings. The van der Waals surface area contributed by atoms with E-state index < -0.39 is 0 Å². The van der Waals surface area contributed by atoms with Crippen molar-refractivity contribution in [3.05, 3.63) is 82.1 Å². The van der Waals surface area contributed by atoms with Crippen LogP contribution in [-0.2, 0) is 6.54 Å². The summed E-state index contributed by atoms with van der Waals surface area (Å²) >= 11 is 1.57. The molecule has 0 aliphatic rings. The van der Waals surface area contributed by atoms with Gasteiger partial charge in [-0.25, -0.2) is 9.37 Å². The fourth-order valence-electron chi connectivity index (χ4n) is 2.85. The standard InChI is InChI=1S/C20H15FN2O2S/c1-13-16-11-14(21)7-8-17(16)25-19(13)20(24)23(12-15-5-4-10-26-15)18-6-2-3-9-22-18/h2-11H,12H2,1H3. The van der Waals surface area contributed by atoms with Crippen molar-refractivity contribution in [2.45, 2.75) is 13.5 Å². The van der Waals surface area contributed by atoms with Crippen molar-refractivity contribution < 1.29 is 13.6 Å². The molecule has 0 N–H and O–H groups in total. The second-order valence-corrected chi connectivity index (χ2v) is 6.89. The lowest BCUT2D eigenvalue weighted by molar-refractivity contribution is 0.0959. The van der Waals surface area contributed by atoms with E-state index in [0.717, 1.165) is 4.88 Å². The van der Waals surface area contributed by atoms with Crippen molar-refractivity contribution in [2.24, 2.45) is 0 Å². The molecule has 3 aromatic heterocycles. The largest absolute Gasteiger partial charge is 0.451 e. The highest BCUT2D eigenvalue weighted by atomic mass is 32.1. The molecule has 4 rings (SSSR count). The number of pyridine rings is 1. The lowest BCUT2D eigenvalue weighted by Gasteiger charge is -2.20. The first-order valence-corrected chi connectivity index (χ1v) is 8.95. The van der Waals surface area contributed by atoms with E-state index >= 15 is 0 Å². The lowest BCUT2D eigenvalue weighted by Crippen LogP contribution is -2.31. The number of nitrogens with zero attached hydrogens (tertiary/aromatic N) is 2. The Kier molecular flexibility index (Phi) is 4.26. The van der Waals surface area contributed by atoms with Crippen molar-refractivity contribution in [3.8, 4) is 0 Å². The normalized spacial score (nSPS) is 11.0. The van der Waals surface area contributed by atoms with Gasteiger partial charge in [-0.1, -0.05) is 12.1 Å². The average Bonchev–Trinajstić information content (AvgIpc) is 3.28. The van der Waals surface area contributed by atoms with E-state index in [9.17, 15) is 9.18 Å². The predicted octanol–water partition coefficient (Wildman–Crippen LogP) is 5.18. The molecule has 4 nitrogen and oxygen atoms in total. The quantitative estimate of drug-likeness (QED) is 0.500. The van der Waals surface area contributed by atoms with E-state index in [2.05, 4.69) is 4.98 Å². The third-order valence-corrected chi connectivity index (χ3v) is 5.02. The van der Waals surface area contributed by atoms with Gasteiger partial charge in [-0.2, -0.15) is 0 Å². The van der Waals surface area contributed by atoms with Crippen LogP contribution in [0.1, 0.15) is 21.0 Å². The number of thiophene rings is 1. The first-order valence-electron chi connectivity index (χ1n) is 8.07. The molecule has 130 valence electrons. The number of benzene rings is 1. The van der Waals surface area contributed by atoms with Crippen LogP contribution in [0.3, 0.4) is 0 Å². The third kappa shape index (κ3) is 2.99. The molecule has 0 aliphatic carbocycles. The van der Waals surface area contributed by atoms with E-state index in [1.807, 2.05) is 23.6 Å². The fraction of sp³-hybridized carbons (Fsp3) is 0.100. The molecular formula is C20H15FN2O2S. The molecule has 0 spiro atoms. The Hall–Kier alpha value is -2.99. The van der Waals surface area contributed by atoms with Crippen LogP contribution in [0.15, 0.2) is 64.5 Å². The van der Waals surface area contributed by atoms with Crippen LogP contribution in [0.5, 0.6) is 0 Å². The molecule has 0 atom stereocenters. The number of carbonyl (C=O) groups excluding carboxylic acids is 1. The van der Waals surface area contributed by atoms with Crippen LogP contribution in [0.25, 0.3) is 11.0 Å². The number of amides is 1. The number of fused-ring (bicyclic) bond motifs is 1. The van der Waals surface area contributed by atoms with Crippen molar-refractivity contribution >= 4 is 34.0 Å². The van der Waals surface area contributed by atoms with Gasteiger partial charge in [0.25, 0.3) is 5.91 Å². The number of hydrogen-bond donors (Lipinski definition) is 0. The Labute approximate surface area is 153 Å². The summed E-state index contributed by atoms with van der Waals surface area (Å²) in [4.78, 5) is 20.2. The van der Waals surface area contributed by atoms with Gasteiger partial charge in [0.2, 0.25) is 0 Å². The monoisotopic (exact) mass is 366 g/mol. The van der Waals surface area contributed by atoms with Crippen LogP contribution < -0.4 is 4.90 Å². The van der Waals surface area contributed by atoms with E-state index in [1.54, 1.807) is 47.6 Å². The zero-order chi connectivity index (χ0) is 18.1. The van der Waals surface area contributed by atoms with Gasteiger partial charge in [-0.3, -0.25) is 9.69 Å². The number of rotatable bonds is 4. The van der Waals surface area contributed by atoms with Gasteiger partial charge in [0.15, 0.2) is 5.76 Å². The number of furan rings is 1. The summed E-state index contributed by atoms with van der Waals surface area (Å²) in [7, 11) is 0. The summed E-state index contributed by atoms with van der Waals surface area (Å²) in [5, 5.41) is 2.57. The Balaban J connectivity index is 1.78. The number of aromatic nitrogens is 1. The van der Waals surface area contributed by atoms with Gasteiger partial charge < -0.3 is 4.42 Å². The van der Waals surface area contributed by atoms with Gasteiger partial charge in [0.1, 0.15) is 17.2 Å². The van der Waals surface area contributed by atoms with Crippen molar-refractivity contribution in [1.29, 1.82) is 0 Å². The smallest absolute Gasteiger partial charge is 0.295 e. The highest BCUT2D eigenvalue weighted by Crippen LogP contribution is 2.29. The van der Waals surface area contributed by atoms with Crippen molar-refractivity contribution in [2.75, 3.05) is 4.90 Å². The molecule has 0 bridgehead atoms. The predicted molar refractivity (Wildman–Crippen MR) is 100.0 cm³/mol. The number of carbonyl (C=O) groups is 1. The Bertz CT molecular complexity index is 1060. The SMILES string of the molecule is Cc1c(C(=O)N(Cc2cccs2)c2ccccn2)oc2ccc(F)cc12. The maximum atomic E-state index is 13.6. The summed E-state index contributed by atoms with van der Waals surface area (Å²) in [6.45, 7) is 2.15. The maximum absolute atomic E-state index is 13.6. The first kappa shape index (κ1) is 16.5. The minimum atomic E-state index is -0.361. The van der Waals surface area contributed by atoms with Gasteiger partial charge in [-0.05, 0) is 48.7 Å². The van der Waals surface area contributed by atoms with E-state index in [1.165, 1.54) is 12.1 Å². The Morgan fingerprint density at radius 2 is 2.12 bits per heavy atom. The lowest BCUT2D eigenvalue weighted by atomic mass is 10.1. The maximum Gasteiger partial charge on any atom is 0.295 e. The third-order valence-electron chi connectivity index (χ3n) is 4.16. The van der Waals surface area contributed by atoms with E-state index in [0.29, 0.717) is 28.9 Å². The summed E-state index contributed by atoms with van der Waals surface area (Å²) in [6, 6.07) is 13.6. The van der Waals surface area contributed by atoms with Gasteiger partial charge >= 0.3 is 0 Å². The number of aryl methyl sites for hydroxylation is 1. The minimum absolute atomic E-state index is 0.202. The van der Waals surface area contributed by atoms with Gasteiger partial charge in [0.05, 0.1) is 6.54 Å². The molecule has 0 saturated carbocycles. The van der Waals surface area contributed by atoms with Crippen LogP contribution >= 0.6 is 11.3 Å². The van der Waals surface area contributed by atoms with Crippen molar-refractivity contribution in [3.63, 3.8) is 0 Å². The topological polar surface area (TPSA) is 46.3 Å². The highest BCUT2D eigenvalue weighted by Gasteiger charge is 2.26. The van der Waals surface area contributed by atoms with Crippen LogP contribution in [-0.4, -0.2) is 10.9 Å². The molecule has 0 aliphatic heterocycles. The van der Waals surface area contributed by atoms with Gasteiger partial charge in [0, 0.05) is 22.0 Å². The van der Waals surface area contributed by atoms with E-state index in [-0.39, 0.29) is 17.5 Å². The Morgan fingerprint density at radius 3 is 2.85 bits per heavy atom. The van der Waals surface area contributed by atoms with Crippen LogP contribution in [0, 0.1) is 12.7 Å². The average molecular weight is 366 g/mol. The molecule has 1 amide bonds. The number of halogens is 1. The molecule has 3 heterocycles. The Morgan fingerprint density at radius 1 is 1.23 bits per heavy atom. The molecule has 0 saturated heterocycles. The van der Waals surface area contributed by atoms with Crippen molar-refractivity contribution in [1.82, 2.24) is 4.98 Å². The minimum Gasteiger partial charge on any atom is -0.451 e. The number of anilines is 1. The first-order chi connectivity index (χ1) is 12.6. The summed E-state index contributed by atoms with van der Waals surface area (Å²) < 4.78 is 19.3. The van der Waals surface area contributed by atoms with Gasteiger partial charge in [-0.15, -0.1) is 11.3 Å². The molecule has 1 aromatic carbocycles. The second-order valence-electron chi connectivity index (χ2n) is 5.86. The molecule has 0 fully saturated rings. The summed E-state index contributed by atoms with van der Waals surface area (Å²) in [5.74, 6) is 0.0801. The highest BCUT2D eigenvalue weighted by molar-refractivity contribution is 7.09. The fourth-order valence-corrected chi connectivity index (χ4v) is 3.54. The van der Waals surface area contributed by atoms with E-state index in [4.69, 9.17) is 4.42 Å². The molecule has 0 unspecified atom stereocenters. The van der Waals surface area contributed by atoms with Crippen LogP contribution in [0.4, 0.5) is 10.2 Å². The van der Waals surface area contributed by atoms with Crippen LogP contribution in [0.2, 0.25) is 0 Å². The second kappa shape index (κ2) is 6.72. The molecular weight excluding hydrogens is 351 g/mol.